The number of anilines is 1. The minimum absolute atomic E-state index is 0.0130. The van der Waals surface area contributed by atoms with Crippen LogP contribution in [-0.4, -0.2) is 18.5 Å². The van der Waals surface area contributed by atoms with E-state index in [4.69, 9.17) is 26.0 Å². The molecule has 0 aliphatic heterocycles. The van der Waals surface area contributed by atoms with Crippen LogP contribution in [0.5, 0.6) is 0 Å². The van der Waals surface area contributed by atoms with Gasteiger partial charge < -0.3 is 14.5 Å². The lowest BCUT2D eigenvalue weighted by Gasteiger charge is -2.05. The number of ether oxygens (including phenoxy) is 1. The molecule has 0 saturated carbocycles. The van der Waals surface area contributed by atoms with E-state index in [0.717, 1.165) is 11.3 Å². The minimum atomic E-state index is -0.639. The summed E-state index contributed by atoms with van der Waals surface area (Å²) in [5, 5.41) is 12.2. The molecule has 0 saturated heterocycles. The van der Waals surface area contributed by atoms with Crippen molar-refractivity contribution in [3.05, 3.63) is 51.4 Å². The monoisotopic (exact) mass is 360 g/mol. The zero-order valence-electron chi connectivity index (χ0n) is 12.0. The van der Waals surface area contributed by atoms with Gasteiger partial charge in [0.1, 0.15) is 22.2 Å². The normalized spacial score (nSPS) is 10.3. The van der Waals surface area contributed by atoms with Crippen molar-refractivity contribution in [2.24, 2.45) is 0 Å². The number of esters is 1. The van der Waals surface area contributed by atoms with Gasteiger partial charge in [0.25, 0.3) is 5.91 Å². The largest absolute Gasteiger partial charge is 0.451 e. The number of fused-ring (bicyclic) bond motifs is 1. The number of hydrogen-bond donors (Lipinski definition) is 1. The van der Waals surface area contributed by atoms with Crippen LogP contribution in [0.25, 0.3) is 11.0 Å². The highest BCUT2D eigenvalue weighted by atomic mass is 35.5. The van der Waals surface area contributed by atoms with E-state index >= 15 is 0 Å². The van der Waals surface area contributed by atoms with Crippen LogP contribution in [0, 0.1) is 11.3 Å². The Balaban J connectivity index is 1.69. The van der Waals surface area contributed by atoms with Gasteiger partial charge in [-0.3, -0.25) is 4.79 Å². The third-order valence-electron chi connectivity index (χ3n) is 3.07. The fraction of sp³-hybridized carbons (Fsp3) is 0.0625. The second kappa shape index (κ2) is 6.74. The summed E-state index contributed by atoms with van der Waals surface area (Å²) in [7, 11) is 0. The number of thiophene rings is 1. The lowest BCUT2D eigenvalue weighted by atomic mass is 10.2. The van der Waals surface area contributed by atoms with Gasteiger partial charge in [-0.15, -0.1) is 11.3 Å². The molecule has 0 radical (unpaired) electrons. The van der Waals surface area contributed by atoms with Gasteiger partial charge in [-0.05, 0) is 24.3 Å². The molecule has 2 aromatic heterocycles. The molecule has 0 bridgehead atoms. The number of furan rings is 1. The number of nitrogens with one attached hydrogen (secondary N) is 1. The molecule has 0 fully saturated rings. The van der Waals surface area contributed by atoms with E-state index in [1.165, 1.54) is 6.07 Å². The Bertz CT molecular complexity index is 970. The van der Waals surface area contributed by atoms with Crippen LogP contribution in [0.2, 0.25) is 4.34 Å². The summed E-state index contributed by atoms with van der Waals surface area (Å²) in [6.45, 7) is -0.487. The Hall–Kier alpha value is -2.82. The molecule has 0 unspecified atom stereocenters. The molecule has 6 nitrogen and oxygen atoms in total. The summed E-state index contributed by atoms with van der Waals surface area (Å²) in [4.78, 5) is 24.1. The number of hydrogen-bond acceptors (Lipinski definition) is 6. The minimum Gasteiger partial charge on any atom is -0.451 e. The predicted octanol–water partition coefficient (Wildman–Crippen LogP) is 3.81. The van der Waals surface area contributed by atoms with Gasteiger partial charge >= 0.3 is 5.97 Å². The van der Waals surface area contributed by atoms with E-state index in [1.807, 2.05) is 6.07 Å². The van der Waals surface area contributed by atoms with E-state index in [9.17, 15) is 9.59 Å². The van der Waals surface area contributed by atoms with E-state index < -0.39 is 18.5 Å². The average molecular weight is 361 g/mol. The molecule has 1 amide bonds. The van der Waals surface area contributed by atoms with Gasteiger partial charge in [0.2, 0.25) is 5.76 Å². The molecule has 3 aromatic rings. The molecule has 0 aliphatic rings. The van der Waals surface area contributed by atoms with Crippen LogP contribution >= 0.6 is 22.9 Å². The first-order valence-corrected chi connectivity index (χ1v) is 7.92. The number of rotatable bonds is 4. The predicted molar refractivity (Wildman–Crippen MR) is 89.2 cm³/mol. The number of para-hydroxylation sites is 1. The third kappa shape index (κ3) is 3.25. The van der Waals surface area contributed by atoms with E-state index in [1.54, 1.807) is 30.3 Å². The summed E-state index contributed by atoms with van der Waals surface area (Å²) in [5.41, 5.74) is 0.739. The van der Waals surface area contributed by atoms with E-state index in [0.29, 0.717) is 20.2 Å². The summed E-state index contributed by atoms with van der Waals surface area (Å²) in [5.74, 6) is -1.23. The van der Waals surface area contributed by atoms with Gasteiger partial charge in [-0.1, -0.05) is 23.7 Å². The quantitative estimate of drug-likeness (QED) is 0.714. The Labute approximate surface area is 145 Å². The van der Waals surface area contributed by atoms with E-state index in [-0.39, 0.29) is 11.4 Å². The molecule has 24 heavy (non-hydrogen) atoms. The first-order chi connectivity index (χ1) is 11.6. The SMILES string of the molecule is N#Cc1oc2ccccc2c1NC(=O)COC(=O)c1ccc(Cl)s1. The Morgan fingerprint density at radius 2 is 2.08 bits per heavy atom. The standard InChI is InChI=1S/C16H9ClN2O4S/c17-13-6-5-12(24-13)16(21)22-8-14(20)19-15-9-3-1-2-4-10(9)23-11(15)7-18/h1-6H,8H2,(H,19,20). The lowest BCUT2D eigenvalue weighted by molar-refractivity contribution is -0.119. The summed E-state index contributed by atoms with van der Waals surface area (Å²) >= 11 is 6.80. The smallest absolute Gasteiger partial charge is 0.348 e. The number of nitrogens with zero attached hydrogens (tertiary/aromatic N) is 1. The molecule has 2 heterocycles. The van der Waals surface area contributed by atoms with Crippen molar-refractivity contribution in [1.82, 2.24) is 0 Å². The highest BCUT2D eigenvalue weighted by Gasteiger charge is 2.18. The van der Waals surface area contributed by atoms with Crippen LogP contribution in [0.4, 0.5) is 5.69 Å². The molecule has 8 heteroatoms. The second-order valence-electron chi connectivity index (χ2n) is 4.64. The Morgan fingerprint density at radius 3 is 2.79 bits per heavy atom. The first kappa shape index (κ1) is 16.1. The fourth-order valence-electron chi connectivity index (χ4n) is 2.05. The lowest BCUT2D eigenvalue weighted by Crippen LogP contribution is -2.20. The molecule has 1 aromatic carbocycles. The maximum absolute atomic E-state index is 12.0. The molecule has 0 spiro atoms. The van der Waals surface area contributed by atoms with Crippen molar-refractivity contribution in [1.29, 1.82) is 5.26 Å². The highest BCUT2D eigenvalue weighted by Crippen LogP contribution is 2.30. The average Bonchev–Trinajstić information content (AvgIpc) is 3.17. The van der Waals surface area contributed by atoms with Gasteiger partial charge in [0, 0.05) is 5.39 Å². The van der Waals surface area contributed by atoms with Gasteiger partial charge in [0.15, 0.2) is 6.61 Å². The Kier molecular flexibility index (Phi) is 4.51. The van der Waals surface area contributed by atoms with Crippen molar-refractivity contribution in [3.63, 3.8) is 0 Å². The Morgan fingerprint density at radius 1 is 1.29 bits per heavy atom. The van der Waals surface area contributed by atoms with Crippen molar-refractivity contribution in [2.75, 3.05) is 11.9 Å². The van der Waals surface area contributed by atoms with Crippen molar-refractivity contribution < 1.29 is 18.7 Å². The molecule has 120 valence electrons. The number of benzene rings is 1. The van der Waals surface area contributed by atoms with E-state index in [2.05, 4.69) is 5.32 Å². The maximum atomic E-state index is 12.0. The van der Waals surface area contributed by atoms with Crippen LogP contribution in [-0.2, 0) is 9.53 Å². The molecular formula is C16H9ClN2O4S. The van der Waals surface area contributed by atoms with Gasteiger partial charge in [-0.25, -0.2) is 4.79 Å². The molecular weight excluding hydrogens is 352 g/mol. The van der Waals surface area contributed by atoms with Crippen LogP contribution in [0.1, 0.15) is 15.4 Å². The highest BCUT2D eigenvalue weighted by molar-refractivity contribution is 7.17. The number of nitriles is 1. The zero-order valence-corrected chi connectivity index (χ0v) is 13.6. The van der Waals surface area contributed by atoms with Crippen molar-refractivity contribution >= 4 is 51.5 Å². The number of amides is 1. The second-order valence-corrected chi connectivity index (χ2v) is 6.36. The maximum Gasteiger partial charge on any atom is 0.348 e. The summed E-state index contributed by atoms with van der Waals surface area (Å²) in [6, 6.07) is 11.9. The van der Waals surface area contributed by atoms with Crippen LogP contribution in [0.3, 0.4) is 0 Å². The van der Waals surface area contributed by atoms with Crippen molar-refractivity contribution in [3.8, 4) is 6.07 Å². The third-order valence-corrected chi connectivity index (χ3v) is 4.28. The topological polar surface area (TPSA) is 92.3 Å². The van der Waals surface area contributed by atoms with Crippen LogP contribution < -0.4 is 5.32 Å². The summed E-state index contributed by atoms with van der Waals surface area (Å²) in [6.07, 6.45) is 0. The number of carbonyl (C=O) groups is 2. The zero-order chi connectivity index (χ0) is 17.1. The first-order valence-electron chi connectivity index (χ1n) is 6.72. The molecule has 0 aliphatic carbocycles. The number of halogens is 1. The number of carbonyl (C=O) groups excluding carboxylic acids is 2. The van der Waals surface area contributed by atoms with Crippen LogP contribution in [0.15, 0.2) is 40.8 Å². The fourth-order valence-corrected chi connectivity index (χ4v) is 2.99. The van der Waals surface area contributed by atoms with Crippen molar-refractivity contribution in [2.45, 2.75) is 0 Å². The van der Waals surface area contributed by atoms with Gasteiger partial charge in [0.05, 0.1) is 4.34 Å². The summed E-state index contributed by atoms with van der Waals surface area (Å²) < 4.78 is 10.7. The molecule has 1 N–H and O–H groups in total. The van der Waals surface area contributed by atoms with Gasteiger partial charge in [-0.2, -0.15) is 5.26 Å². The molecule has 0 atom stereocenters. The molecule has 3 rings (SSSR count).